The molecule has 0 saturated heterocycles. The van der Waals surface area contributed by atoms with Gasteiger partial charge in [-0.15, -0.1) is 5.38 Å². The Morgan fingerprint density at radius 3 is 3.09 bits per heavy atom. The van der Waals surface area contributed by atoms with Gasteiger partial charge >= 0.3 is 0 Å². The molecule has 53 valence electrons. The summed E-state index contributed by atoms with van der Waals surface area (Å²) in [4.78, 5) is 4.18. The van der Waals surface area contributed by atoms with Crippen molar-refractivity contribution in [1.82, 2.24) is 4.98 Å². The summed E-state index contributed by atoms with van der Waals surface area (Å²) in [5.41, 5.74) is 2.35. The van der Waals surface area contributed by atoms with Crippen molar-refractivity contribution in [3.8, 4) is 0 Å². The molecule has 0 amide bonds. The zero-order valence-electron chi connectivity index (χ0n) is 6.16. The van der Waals surface area contributed by atoms with E-state index in [2.05, 4.69) is 17.3 Å². The Morgan fingerprint density at radius 2 is 2.36 bits per heavy atom. The van der Waals surface area contributed by atoms with Crippen molar-refractivity contribution < 1.29 is 32.7 Å². The SMILES string of the molecule is Cc1ccnc2c[c-]sc12.[Y]. The first-order valence-electron chi connectivity index (χ1n) is 3.09. The molecular weight excluding hydrogens is 231 g/mol. The van der Waals surface area contributed by atoms with Crippen LogP contribution in [0.5, 0.6) is 0 Å². The maximum absolute atomic E-state index is 4.18. The van der Waals surface area contributed by atoms with E-state index in [1.165, 1.54) is 10.3 Å². The van der Waals surface area contributed by atoms with E-state index in [0.717, 1.165) is 5.52 Å². The van der Waals surface area contributed by atoms with Gasteiger partial charge in [0.1, 0.15) is 0 Å². The van der Waals surface area contributed by atoms with E-state index in [0.29, 0.717) is 0 Å². The second-order valence-electron chi connectivity index (χ2n) is 2.21. The van der Waals surface area contributed by atoms with E-state index in [-0.39, 0.29) is 32.7 Å². The number of pyridine rings is 1. The molecule has 0 aromatic carbocycles. The molecule has 0 aliphatic rings. The number of hydrogen-bond donors (Lipinski definition) is 0. The summed E-state index contributed by atoms with van der Waals surface area (Å²) in [6.07, 6.45) is 1.83. The van der Waals surface area contributed by atoms with E-state index in [9.17, 15) is 0 Å². The van der Waals surface area contributed by atoms with E-state index < -0.39 is 0 Å². The van der Waals surface area contributed by atoms with E-state index in [1.54, 1.807) is 11.3 Å². The molecule has 2 rings (SSSR count). The fraction of sp³-hybridized carbons (Fsp3) is 0.125. The van der Waals surface area contributed by atoms with Crippen molar-refractivity contribution in [3.05, 3.63) is 29.3 Å². The second kappa shape index (κ2) is 3.75. The molecule has 2 aromatic rings. The number of rotatable bonds is 0. The molecule has 0 aliphatic carbocycles. The normalized spacial score (nSPS) is 9.55. The minimum absolute atomic E-state index is 0. The van der Waals surface area contributed by atoms with Gasteiger partial charge in [0.05, 0.1) is 0 Å². The molecule has 11 heavy (non-hydrogen) atoms. The van der Waals surface area contributed by atoms with Crippen LogP contribution in [0.25, 0.3) is 10.2 Å². The number of aromatic nitrogens is 1. The monoisotopic (exact) mass is 237 g/mol. The summed E-state index contributed by atoms with van der Waals surface area (Å²) in [7, 11) is 0. The van der Waals surface area contributed by atoms with Crippen molar-refractivity contribution in [1.29, 1.82) is 0 Å². The summed E-state index contributed by atoms with van der Waals surface area (Å²) < 4.78 is 1.25. The molecule has 3 heteroatoms. The summed E-state index contributed by atoms with van der Waals surface area (Å²) in [6.45, 7) is 2.09. The van der Waals surface area contributed by atoms with Gasteiger partial charge in [0.15, 0.2) is 0 Å². The predicted octanol–water partition coefficient (Wildman–Crippen LogP) is 2.40. The second-order valence-corrected chi connectivity index (χ2v) is 3.05. The number of hydrogen-bond acceptors (Lipinski definition) is 2. The van der Waals surface area contributed by atoms with Crippen LogP contribution >= 0.6 is 11.3 Å². The molecule has 0 spiro atoms. The third-order valence-corrected chi connectivity index (χ3v) is 2.46. The molecule has 1 nitrogen and oxygen atoms in total. The molecule has 2 heterocycles. The van der Waals surface area contributed by atoms with Crippen LogP contribution in [0.4, 0.5) is 0 Å². The number of aryl methyl sites for hydroxylation is 1. The first-order chi connectivity index (χ1) is 4.88. The number of nitrogens with zero attached hydrogens (tertiary/aromatic N) is 1. The molecule has 2 aromatic heterocycles. The van der Waals surface area contributed by atoms with Crippen molar-refractivity contribution in [2.45, 2.75) is 6.92 Å². The molecule has 0 atom stereocenters. The Bertz CT molecular complexity index is 356. The van der Waals surface area contributed by atoms with Gasteiger partial charge in [-0.3, -0.25) is 11.3 Å². The summed E-state index contributed by atoms with van der Waals surface area (Å²) in [6, 6.07) is 3.94. The van der Waals surface area contributed by atoms with Gasteiger partial charge in [0.25, 0.3) is 0 Å². The Labute approximate surface area is 94.7 Å². The van der Waals surface area contributed by atoms with Gasteiger partial charge < -0.3 is 4.98 Å². The van der Waals surface area contributed by atoms with E-state index >= 15 is 0 Å². The summed E-state index contributed by atoms with van der Waals surface area (Å²) in [5, 5.41) is 3.06. The molecule has 0 saturated carbocycles. The van der Waals surface area contributed by atoms with Gasteiger partial charge in [0, 0.05) is 38.9 Å². The topological polar surface area (TPSA) is 12.9 Å². The van der Waals surface area contributed by atoms with Crippen molar-refractivity contribution in [2.75, 3.05) is 0 Å². The van der Waals surface area contributed by atoms with Crippen LogP contribution < -0.4 is 0 Å². The minimum Gasteiger partial charge on any atom is -0.332 e. The van der Waals surface area contributed by atoms with Gasteiger partial charge in [-0.25, -0.2) is 0 Å². The Balaban J connectivity index is 0.000000605. The fourth-order valence-electron chi connectivity index (χ4n) is 0.945. The summed E-state index contributed by atoms with van der Waals surface area (Å²) >= 11 is 1.63. The first-order valence-corrected chi connectivity index (χ1v) is 3.91. The number of thiophene rings is 1. The molecule has 0 bridgehead atoms. The van der Waals surface area contributed by atoms with Gasteiger partial charge in [-0.1, -0.05) is 28.8 Å². The average molecular weight is 237 g/mol. The van der Waals surface area contributed by atoms with Crippen molar-refractivity contribution >= 4 is 21.6 Å². The first kappa shape index (κ1) is 9.30. The van der Waals surface area contributed by atoms with E-state index in [4.69, 9.17) is 0 Å². The largest absolute Gasteiger partial charge is 0.332 e. The Morgan fingerprint density at radius 1 is 1.55 bits per heavy atom. The quantitative estimate of drug-likeness (QED) is 0.641. The zero-order valence-corrected chi connectivity index (χ0v) is 9.82. The smallest absolute Gasteiger partial charge is 0.0105 e. The molecule has 0 N–H and O–H groups in total. The molecule has 0 unspecified atom stereocenters. The Kier molecular flexibility index (Phi) is 3.17. The fourth-order valence-corrected chi connectivity index (χ4v) is 1.68. The van der Waals surface area contributed by atoms with Crippen LogP contribution in [0.15, 0.2) is 18.3 Å². The molecular formula is C8H6NSY-. The Hall–Kier alpha value is 0.214. The van der Waals surface area contributed by atoms with Crippen molar-refractivity contribution in [2.24, 2.45) is 0 Å². The average Bonchev–Trinajstić information content (AvgIpc) is 2.36. The standard InChI is InChI=1S/C8H6NS.Y/c1-6-2-4-9-7-3-5-10-8(6)7;/h2-4H,1H3;/q-1;. The van der Waals surface area contributed by atoms with Crippen LogP contribution in [0.2, 0.25) is 0 Å². The van der Waals surface area contributed by atoms with Gasteiger partial charge in [0.2, 0.25) is 0 Å². The zero-order chi connectivity index (χ0) is 6.97. The van der Waals surface area contributed by atoms with Crippen LogP contribution in [-0.4, -0.2) is 4.98 Å². The van der Waals surface area contributed by atoms with Gasteiger partial charge in [-0.2, -0.15) is 6.07 Å². The van der Waals surface area contributed by atoms with Crippen molar-refractivity contribution in [3.63, 3.8) is 0 Å². The molecule has 1 radical (unpaired) electrons. The van der Waals surface area contributed by atoms with Crippen LogP contribution in [0.1, 0.15) is 5.56 Å². The van der Waals surface area contributed by atoms with Crippen LogP contribution in [0.3, 0.4) is 0 Å². The number of fused-ring (bicyclic) bond motifs is 1. The van der Waals surface area contributed by atoms with E-state index in [1.807, 2.05) is 18.3 Å². The summed E-state index contributed by atoms with van der Waals surface area (Å²) in [5.74, 6) is 0. The third-order valence-electron chi connectivity index (χ3n) is 1.49. The third kappa shape index (κ3) is 1.69. The minimum atomic E-state index is 0. The molecule has 0 aliphatic heterocycles. The molecule has 0 fully saturated rings. The van der Waals surface area contributed by atoms with Crippen LogP contribution in [0, 0.1) is 12.3 Å². The van der Waals surface area contributed by atoms with Crippen LogP contribution in [-0.2, 0) is 32.7 Å². The van der Waals surface area contributed by atoms with Gasteiger partial charge in [-0.05, 0) is 0 Å². The maximum Gasteiger partial charge on any atom is 0.0105 e. The predicted molar refractivity (Wildman–Crippen MR) is 43.2 cm³/mol. The maximum atomic E-state index is 4.18.